The molecule has 0 saturated heterocycles. The fourth-order valence-corrected chi connectivity index (χ4v) is 15.3. The summed E-state index contributed by atoms with van der Waals surface area (Å²) in [7, 11) is -2.73. The molecule has 4 atom stereocenters. The lowest BCUT2D eigenvalue weighted by molar-refractivity contribution is -0.147. The van der Waals surface area contributed by atoms with Crippen LogP contribution in [0, 0.1) is 0 Å². The maximum absolute atomic E-state index is 13.1. The predicted molar refractivity (Wildman–Crippen MR) is 573 cm³/mol. The number of ketones is 6. The molecule has 0 aliphatic heterocycles. The van der Waals surface area contributed by atoms with Crippen LogP contribution in [-0.2, 0) is 90.5 Å². The molecule has 0 heterocycles. The highest BCUT2D eigenvalue weighted by Crippen LogP contribution is 2.17. The lowest BCUT2D eigenvalue weighted by atomic mass is 10.0. The second kappa shape index (κ2) is 90.6. The summed E-state index contributed by atoms with van der Waals surface area (Å²) in [5, 5.41) is 32.4. The molecule has 36 heteroatoms. The number of Topliss-reactive ketones (excluding diaryl/α,β-unsaturated/α-hetero) is 6. The number of aliphatic carboxylic acids is 2. The number of esters is 3. The highest BCUT2D eigenvalue weighted by Gasteiger charge is 2.28. The fraction of sp³-hybridized carbons (Fsp3) is 0.670. The number of ether oxygens (including phenoxy) is 11. The van der Waals surface area contributed by atoms with Crippen molar-refractivity contribution in [1.29, 1.82) is 0 Å². The van der Waals surface area contributed by atoms with E-state index < -0.39 is 70.2 Å². The molecular formula is C109H183N9O25Si2. The van der Waals surface area contributed by atoms with Gasteiger partial charge < -0.3 is 93.7 Å². The van der Waals surface area contributed by atoms with Gasteiger partial charge in [0.1, 0.15) is 35.7 Å². The van der Waals surface area contributed by atoms with Gasteiger partial charge in [-0.05, 0) is 155 Å². The molecule has 0 saturated carbocycles. The van der Waals surface area contributed by atoms with Crippen molar-refractivity contribution in [3.63, 3.8) is 0 Å². The molecule has 0 aliphatic rings. The van der Waals surface area contributed by atoms with Crippen LogP contribution in [-0.4, -0.2) is 341 Å². The van der Waals surface area contributed by atoms with Crippen LogP contribution in [0.1, 0.15) is 230 Å². The Bertz CT molecular complexity index is 3980. The smallest absolute Gasteiger partial charge is 0.323 e. The van der Waals surface area contributed by atoms with E-state index in [1.165, 1.54) is 32.6 Å². The van der Waals surface area contributed by atoms with E-state index in [0.29, 0.717) is 141 Å². The fourth-order valence-electron chi connectivity index (χ4n) is 13.9. The van der Waals surface area contributed by atoms with Gasteiger partial charge in [-0.3, -0.25) is 74.0 Å². The average Bonchev–Trinajstić information content (AvgIpc) is 0.905. The van der Waals surface area contributed by atoms with Crippen molar-refractivity contribution in [2.45, 2.75) is 264 Å². The number of carboxylic acids is 2. The zero-order chi connectivity index (χ0) is 107. The van der Waals surface area contributed by atoms with E-state index in [4.69, 9.17) is 73.8 Å². The standard InChI is InChI=1S/C56H92N4O12Si.C21H47N3O4.C18H27NO5Si.C14H17NO4/c1-6-34-67-37-39-69-41-42-70-40-38-68-36-33-60(32-20-12-18-30-57-54(64)29-28-51(55(65)71-35-7-2)59-46-53(63)48-23-15-11-16-24-48)31-19-9-8-17-25-49(61)26-27-50(56(66)72-43-44-73(3,4)5)58-45-52(62)47-21-13-10-14-22-47;1-2-14-25-16-18-27-20-21-28-19-17-26-15-13-24(11-7-3-5-9-22)12-8-4-6-10-23;1-25(2,3)12-11-24-18(23)15(9-10-17(21)22)19-13-16(20)14-7-5-4-6-8-14;1-10(16)7-8-12(14(18)19)15-9-13(17)11-5-3-2-4-6-11/h10-11,13-16,21-24,50-51,58-59H,6-9,12,17-20,25-46H2,1-5H3,(H,57,64);2-23H2,1H3;4-8,15,19H,9-13H2,1-3H3,(H,21,22);2-6,12,15H,7-9H2,1H3,(H,18,19)/t50-,51-;;15-;12-/m0.00/s1. The number of unbranched alkanes of at least 4 members (excludes halogenated alkanes) is 9. The second-order valence-corrected chi connectivity index (χ2v) is 49.2. The van der Waals surface area contributed by atoms with Crippen molar-refractivity contribution in [3.05, 3.63) is 144 Å². The molecule has 34 nitrogen and oxygen atoms in total. The Kier molecular flexibility index (Phi) is 84.0. The number of amides is 1. The number of rotatable bonds is 91. The first-order chi connectivity index (χ1) is 69.9. The number of hydrogen-bond acceptors (Lipinski definition) is 31. The van der Waals surface area contributed by atoms with Gasteiger partial charge in [-0.1, -0.05) is 213 Å². The van der Waals surface area contributed by atoms with Gasteiger partial charge in [0.15, 0.2) is 23.1 Å². The molecule has 4 aromatic rings. The molecule has 0 unspecified atom stereocenters. The first kappa shape index (κ1) is 135. The SMILES string of the molecule is CC(=O)CC[C@H](NCC(=O)c1ccccc1)C(=O)O.CCCOCCOCCOCCOCCN(CCCCCCC(=O)CC[C@H](NCC(=O)c1ccccc1)C(=O)OCC[Si](C)(C)C)CCCCCNC(=O)CC[C@H](NCC(=O)c1ccccc1)C(=O)OCCC.CCCOCCOCCOCCOCCN(CCCCCN)CCCCCN.C[Si](C)(C)CCOC(=O)[C@H](CCC(=O)O)NCC(=O)c1ccccc1. The molecule has 11 N–H and O–H groups in total. The molecule has 1 amide bonds. The molecule has 145 heavy (non-hydrogen) atoms. The lowest BCUT2D eigenvalue weighted by Gasteiger charge is -2.22. The van der Waals surface area contributed by atoms with Crippen molar-refractivity contribution in [2.75, 3.05) is 211 Å². The van der Waals surface area contributed by atoms with Crippen molar-refractivity contribution in [3.8, 4) is 0 Å². The summed E-state index contributed by atoms with van der Waals surface area (Å²) in [6, 6.07) is 33.7. The molecular weight excluding hydrogens is 1890 g/mol. The Morgan fingerprint density at radius 1 is 0.317 bits per heavy atom. The van der Waals surface area contributed by atoms with Crippen LogP contribution in [0.3, 0.4) is 0 Å². The van der Waals surface area contributed by atoms with Gasteiger partial charge >= 0.3 is 29.8 Å². The van der Waals surface area contributed by atoms with Crippen molar-refractivity contribution >= 4 is 86.6 Å². The van der Waals surface area contributed by atoms with Crippen LogP contribution in [0.2, 0.25) is 51.4 Å². The summed E-state index contributed by atoms with van der Waals surface area (Å²) in [6.45, 7) is 39.1. The molecule has 4 rings (SSSR count). The van der Waals surface area contributed by atoms with Crippen LogP contribution < -0.4 is 38.1 Å². The van der Waals surface area contributed by atoms with Gasteiger partial charge in [-0.15, -0.1) is 0 Å². The number of carbonyl (C=O) groups excluding carboxylic acids is 10. The average molecular weight is 2080 g/mol. The molecule has 822 valence electrons. The Balaban J connectivity index is 0.00000117. The Morgan fingerprint density at radius 3 is 0.924 bits per heavy atom. The van der Waals surface area contributed by atoms with Crippen LogP contribution in [0.5, 0.6) is 0 Å². The number of nitrogens with zero attached hydrogens (tertiary/aromatic N) is 2. The van der Waals surface area contributed by atoms with Gasteiger partial charge in [-0.2, -0.15) is 0 Å². The molecule has 0 fully saturated rings. The first-order valence-electron chi connectivity index (χ1n) is 52.8. The summed E-state index contributed by atoms with van der Waals surface area (Å²) in [5.41, 5.74) is 13.3. The van der Waals surface area contributed by atoms with Gasteiger partial charge in [-0.25, -0.2) is 0 Å². The number of hydrogen-bond donors (Lipinski definition) is 9. The summed E-state index contributed by atoms with van der Waals surface area (Å²) >= 11 is 0. The number of benzene rings is 4. The monoisotopic (exact) mass is 2070 g/mol. The van der Waals surface area contributed by atoms with Gasteiger partial charge in [0.25, 0.3) is 0 Å². The highest BCUT2D eigenvalue weighted by molar-refractivity contribution is 6.76. The minimum Gasteiger partial charge on any atom is -0.481 e. The van der Waals surface area contributed by atoms with Gasteiger partial charge in [0, 0.05) is 103 Å². The molecule has 0 radical (unpaired) electrons. The normalized spacial score (nSPS) is 12.2. The second-order valence-electron chi connectivity index (χ2n) is 38.0. The zero-order valence-electron chi connectivity index (χ0n) is 89.4. The first-order valence-corrected chi connectivity index (χ1v) is 60.2. The van der Waals surface area contributed by atoms with E-state index in [1.807, 2.05) is 25.1 Å². The summed E-state index contributed by atoms with van der Waals surface area (Å²) in [6.07, 6.45) is 17.7. The van der Waals surface area contributed by atoms with E-state index in [0.717, 1.165) is 155 Å². The third-order valence-corrected chi connectivity index (χ3v) is 26.0. The van der Waals surface area contributed by atoms with Crippen molar-refractivity contribution in [2.24, 2.45) is 11.5 Å². The minimum absolute atomic E-state index is 0.0177. The third kappa shape index (κ3) is 80.2. The molecule has 0 bridgehead atoms. The Labute approximate surface area is 867 Å². The van der Waals surface area contributed by atoms with Crippen LogP contribution >= 0.6 is 0 Å². The third-order valence-electron chi connectivity index (χ3n) is 22.6. The number of carboxylic acid groups (broad SMARTS) is 2. The highest BCUT2D eigenvalue weighted by atomic mass is 28.3. The Morgan fingerprint density at radius 2 is 0.607 bits per heavy atom. The van der Waals surface area contributed by atoms with Crippen LogP contribution in [0.25, 0.3) is 0 Å². The Hall–Kier alpha value is -8.49. The molecule has 0 spiro atoms. The lowest BCUT2D eigenvalue weighted by Crippen LogP contribution is -2.42. The minimum atomic E-state index is -1.41. The molecule has 0 aliphatic carbocycles. The van der Waals surface area contributed by atoms with Crippen molar-refractivity contribution in [1.82, 2.24) is 36.4 Å². The maximum atomic E-state index is 13.1. The van der Waals surface area contributed by atoms with Gasteiger partial charge in [0.05, 0.1) is 138 Å². The zero-order valence-corrected chi connectivity index (χ0v) is 91.4. The maximum Gasteiger partial charge on any atom is 0.323 e. The summed E-state index contributed by atoms with van der Waals surface area (Å²) < 4.78 is 60.8. The van der Waals surface area contributed by atoms with Gasteiger partial charge in [0.2, 0.25) is 5.91 Å². The quantitative estimate of drug-likeness (QED) is 0.00652. The number of carbonyl (C=O) groups is 12. The number of nitrogens with two attached hydrogens (primary N) is 2. The van der Waals surface area contributed by atoms with Crippen LogP contribution in [0.15, 0.2) is 121 Å². The largest absolute Gasteiger partial charge is 0.481 e. The van der Waals surface area contributed by atoms with E-state index in [9.17, 15) is 57.5 Å². The predicted octanol–water partition coefficient (Wildman–Crippen LogP) is 13.5. The van der Waals surface area contributed by atoms with E-state index >= 15 is 0 Å². The molecule has 0 aromatic heterocycles. The van der Waals surface area contributed by atoms with E-state index in [1.54, 1.807) is 103 Å². The van der Waals surface area contributed by atoms with Crippen molar-refractivity contribution < 1.29 is 120 Å². The van der Waals surface area contributed by atoms with E-state index in [-0.39, 0.29) is 125 Å². The summed E-state index contributed by atoms with van der Waals surface area (Å²) in [4.78, 5) is 151. The summed E-state index contributed by atoms with van der Waals surface area (Å²) in [5.74, 6) is -4.14. The number of nitrogens with one attached hydrogen (secondary N) is 5. The molecule has 4 aromatic carbocycles. The van der Waals surface area contributed by atoms with Crippen LogP contribution in [0.4, 0.5) is 0 Å². The van der Waals surface area contributed by atoms with E-state index in [2.05, 4.69) is 89.5 Å². The topological polar surface area (TPSA) is 466 Å².